The van der Waals surface area contributed by atoms with Crippen molar-refractivity contribution in [3.8, 4) is 0 Å². The summed E-state index contributed by atoms with van der Waals surface area (Å²) in [5.41, 5.74) is 5.13. The summed E-state index contributed by atoms with van der Waals surface area (Å²) in [6.45, 7) is 0. The van der Waals surface area contributed by atoms with Crippen LogP contribution in [0, 0.1) is 0 Å². The maximum absolute atomic E-state index is 10.0. The van der Waals surface area contributed by atoms with E-state index in [0.717, 1.165) is 0 Å². The van der Waals surface area contributed by atoms with Gasteiger partial charge in [0, 0.05) is 47.9 Å². The molecule has 0 radical (unpaired) electrons. The smallest absolute Gasteiger partial charge is 0.550 e. The first kappa shape index (κ1) is 27.9. The van der Waals surface area contributed by atoms with Gasteiger partial charge in [0.25, 0.3) is 0 Å². The second-order valence-corrected chi connectivity index (χ2v) is 4.89. The first-order valence-corrected chi connectivity index (χ1v) is 7.54. The van der Waals surface area contributed by atoms with Gasteiger partial charge in [-0.05, 0) is 25.0 Å². The third-order valence-electron chi connectivity index (χ3n) is 2.76. The summed E-state index contributed by atoms with van der Waals surface area (Å²) in [6.07, 6.45) is 5.00. The molecule has 2 aromatic rings. The molecule has 0 aliphatic heterocycles. The minimum absolute atomic E-state index is 0. The maximum atomic E-state index is 10.0. The van der Waals surface area contributed by atoms with Crippen LogP contribution in [0.2, 0.25) is 0 Å². The first-order valence-electron chi connectivity index (χ1n) is 7.54. The summed E-state index contributed by atoms with van der Waals surface area (Å²) in [6, 6.07) is 4.75. The Morgan fingerprint density at radius 2 is 1.28 bits per heavy atom. The molecule has 2 N–H and O–H groups in total. The normalized spacial score (nSPS) is 9.83. The zero-order chi connectivity index (χ0) is 21.5. The van der Waals surface area contributed by atoms with E-state index in [2.05, 4.69) is 9.97 Å². The van der Waals surface area contributed by atoms with Crippen molar-refractivity contribution in [1.82, 2.24) is 9.97 Å². The molecule has 0 fully saturated rings. The Bertz CT molecular complexity index is 725. The predicted octanol–water partition coefficient (Wildman–Crippen LogP) is -4.52. The third kappa shape index (κ3) is 14.4. The van der Waals surface area contributed by atoms with Gasteiger partial charge in [-0.2, -0.15) is 0 Å². The zero-order valence-electron chi connectivity index (χ0n) is 14.8. The molecule has 12 heteroatoms. The van der Waals surface area contributed by atoms with Crippen LogP contribution in [0.15, 0.2) is 49.1 Å². The van der Waals surface area contributed by atoms with Crippen LogP contribution < -0.4 is 26.2 Å². The number of rotatable bonds is 6. The fraction of sp³-hybridized carbons (Fsp3) is 0.176. The van der Waals surface area contributed by atoms with Crippen LogP contribution in [-0.2, 0) is 27.0 Å². The molecular weight excluding hydrogens is 426 g/mol. The Morgan fingerprint density at radius 3 is 1.48 bits per heavy atom. The molecule has 0 saturated carbocycles. The number of carbonyl (C=O) groups excluding carboxylic acids is 4. The van der Waals surface area contributed by atoms with Crippen molar-refractivity contribution in [3.05, 3.63) is 60.2 Å². The Morgan fingerprint density at radius 1 is 0.862 bits per heavy atom. The monoisotopic (exact) mass is 441 g/mol. The average molecular weight is 441 g/mol. The van der Waals surface area contributed by atoms with E-state index in [1.165, 1.54) is 36.9 Å². The van der Waals surface area contributed by atoms with Gasteiger partial charge in [-0.15, -0.1) is 0 Å². The molecule has 152 valence electrons. The number of carbonyl (C=O) groups is 4. The van der Waals surface area contributed by atoms with E-state index in [9.17, 15) is 39.6 Å². The molecule has 2 rings (SSSR count). The molecule has 0 saturated heterocycles. The van der Waals surface area contributed by atoms with E-state index < -0.39 is 29.9 Å². The van der Waals surface area contributed by atoms with E-state index in [1.807, 2.05) is 0 Å². The molecule has 29 heavy (non-hydrogen) atoms. The van der Waals surface area contributed by atoms with Gasteiger partial charge in [-0.25, -0.2) is 0 Å². The van der Waals surface area contributed by atoms with Crippen molar-refractivity contribution in [2.24, 2.45) is 5.73 Å². The molecular formula is C17H15CrN3O8. The molecule has 2 heterocycles. The topological polar surface area (TPSA) is 212 Å². The van der Waals surface area contributed by atoms with Crippen molar-refractivity contribution >= 4 is 23.9 Å². The van der Waals surface area contributed by atoms with Gasteiger partial charge < -0.3 is 45.3 Å². The summed E-state index contributed by atoms with van der Waals surface area (Å²) in [4.78, 5) is 46.9. The van der Waals surface area contributed by atoms with Crippen molar-refractivity contribution in [1.29, 1.82) is 0 Å². The van der Waals surface area contributed by atoms with Crippen LogP contribution in [-0.4, -0.2) is 39.9 Å². The Kier molecular flexibility index (Phi) is 15.1. The number of aliphatic carboxylic acids is 2. The summed E-state index contributed by atoms with van der Waals surface area (Å²) in [7, 11) is 0. The number of aromatic nitrogens is 2. The predicted molar refractivity (Wildman–Crippen MR) is 84.4 cm³/mol. The second kappa shape index (κ2) is 15.7. The van der Waals surface area contributed by atoms with Gasteiger partial charge in [0.05, 0.1) is 17.9 Å². The van der Waals surface area contributed by atoms with Crippen LogP contribution in [0.5, 0.6) is 0 Å². The van der Waals surface area contributed by atoms with E-state index >= 15 is 0 Å². The fourth-order valence-corrected chi connectivity index (χ4v) is 1.36. The molecule has 0 aliphatic rings. The van der Waals surface area contributed by atoms with Crippen LogP contribution in [0.4, 0.5) is 0 Å². The van der Waals surface area contributed by atoms with Crippen molar-refractivity contribution < 1.29 is 57.0 Å². The average Bonchev–Trinajstić information content (AvgIpc) is 2.68. The van der Waals surface area contributed by atoms with Crippen molar-refractivity contribution in [2.75, 3.05) is 0 Å². The van der Waals surface area contributed by atoms with E-state index in [4.69, 9.17) is 5.73 Å². The van der Waals surface area contributed by atoms with E-state index in [0.29, 0.717) is 0 Å². The molecule has 0 bridgehead atoms. The van der Waals surface area contributed by atoms with Gasteiger partial charge >= 0.3 is 17.4 Å². The SMILES string of the molecule is N[C@@H](CCC(=O)[O-])C(=O)[O-].O=C([O-])c1cccnc1.O=C([O-])c1cccnc1.[Cr+4]. The first-order chi connectivity index (χ1) is 13.1. The Hall–Kier alpha value is -3.33. The number of hydrogen-bond acceptors (Lipinski definition) is 11. The van der Waals surface area contributed by atoms with E-state index in [-0.39, 0.29) is 41.3 Å². The zero-order valence-corrected chi connectivity index (χ0v) is 16.0. The molecule has 0 aromatic carbocycles. The van der Waals surface area contributed by atoms with Gasteiger partial charge in [0.1, 0.15) is 0 Å². The van der Waals surface area contributed by atoms with Crippen LogP contribution in [0.3, 0.4) is 0 Å². The number of nitrogens with two attached hydrogens (primary N) is 1. The number of pyridine rings is 2. The molecule has 0 spiro atoms. The van der Waals surface area contributed by atoms with E-state index in [1.54, 1.807) is 12.1 Å². The van der Waals surface area contributed by atoms with Crippen LogP contribution in [0.1, 0.15) is 33.6 Å². The molecule has 11 nitrogen and oxygen atoms in total. The van der Waals surface area contributed by atoms with Crippen molar-refractivity contribution in [3.63, 3.8) is 0 Å². The fourth-order valence-electron chi connectivity index (χ4n) is 1.36. The maximum Gasteiger partial charge on any atom is 4.00 e. The number of hydrogen-bond donors (Lipinski definition) is 1. The number of aromatic carboxylic acids is 2. The number of nitrogens with zero attached hydrogens (tertiary/aromatic N) is 2. The minimum Gasteiger partial charge on any atom is -0.550 e. The number of carboxylic acids is 4. The van der Waals surface area contributed by atoms with Gasteiger partial charge in [-0.3, -0.25) is 9.97 Å². The summed E-state index contributed by atoms with van der Waals surface area (Å²) in [5, 5.41) is 39.7. The van der Waals surface area contributed by atoms with Crippen LogP contribution in [0.25, 0.3) is 0 Å². The number of carboxylic acid groups (broad SMARTS) is 4. The van der Waals surface area contributed by atoms with Gasteiger partial charge in [-0.1, -0.05) is 12.1 Å². The van der Waals surface area contributed by atoms with Crippen molar-refractivity contribution in [2.45, 2.75) is 18.9 Å². The summed E-state index contributed by atoms with van der Waals surface area (Å²) >= 11 is 0. The van der Waals surface area contributed by atoms with Gasteiger partial charge in [0.2, 0.25) is 0 Å². The minimum atomic E-state index is -1.44. The van der Waals surface area contributed by atoms with Gasteiger partial charge in [0.15, 0.2) is 0 Å². The Balaban J connectivity index is 0. The largest absolute Gasteiger partial charge is 4.00 e. The third-order valence-corrected chi connectivity index (χ3v) is 2.76. The summed E-state index contributed by atoms with van der Waals surface area (Å²) in [5.74, 6) is -5.14. The molecule has 2 aromatic heterocycles. The molecule has 0 amide bonds. The quantitative estimate of drug-likeness (QED) is 0.451. The summed E-state index contributed by atoms with van der Waals surface area (Å²) < 4.78 is 0. The Labute approximate surface area is 176 Å². The van der Waals surface area contributed by atoms with Crippen LogP contribution >= 0.6 is 0 Å². The standard InChI is InChI=1S/2C6H5NO2.C5H9NO4.Cr/c2*8-6(9)5-2-1-3-7-4-5;6-3(5(9)10)1-2-4(7)8;/h2*1-4H,(H,8,9);3H,1-2,6H2,(H,7,8)(H,9,10);/q;;;+4/p-4/t;;3-;/m..0./s1. The molecule has 0 aliphatic carbocycles. The molecule has 1 atom stereocenters. The molecule has 0 unspecified atom stereocenters. The second-order valence-electron chi connectivity index (χ2n) is 4.89.